The minimum absolute atomic E-state index is 0.0522. The quantitative estimate of drug-likeness (QED) is 0.682. The van der Waals surface area contributed by atoms with Gasteiger partial charge in [0.15, 0.2) is 0 Å². The number of carbonyl (C=O) groups is 1. The van der Waals surface area contributed by atoms with E-state index in [9.17, 15) is 9.59 Å². The normalized spacial score (nSPS) is 24.4. The van der Waals surface area contributed by atoms with Crippen molar-refractivity contribution in [3.8, 4) is 5.69 Å². The standard InChI is InChI=1S/C25H35N3O3/c1-18-17-26(2)13-12-20-7-10-22(16-23(18)20)28-15-14-27(25(28)30)21-8-4-19(5-9-21)6-11-24(29)31-3/h7,10,14-16,18-19,21H,4-6,8-9,11-13,17H2,1-3H3. The molecule has 0 radical (unpaired) electrons. The third kappa shape index (κ3) is 4.79. The minimum atomic E-state index is -0.128. The van der Waals surface area contributed by atoms with Gasteiger partial charge < -0.3 is 9.64 Å². The number of aromatic nitrogens is 2. The first-order valence-corrected chi connectivity index (χ1v) is 11.6. The highest BCUT2D eigenvalue weighted by Gasteiger charge is 2.25. The number of carbonyl (C=O) groups excluding carboxylic acids is 1. The molecule has 1 aromatic carbocycles. The maximum atomic E-state index is 13.2. The summed E-state index contributed by atoms with van der Waals surface area (Å²) in [5, 5.41) is 0. The number of nitrogens with zero attached hydrogens (tertiary/aromatic N) is 3. The largest absolute Gasteiger partial charge is 0.469 e. The smallest absolute Gasteiger partial charge is 0.332 e. The van der Waals surface area contributed by atoms with Crippen LogP contribution in [-0.4, -0.2) is 47.3 Å². The predicted molar refractivity (Wildman–Crippen MR) is 122 cm³/mol. The van der Waals surface area contributed by atoms with Crippen molar-refractivity contribution in [1.82, 2.24) is 14.0 Å². The number of hydrogen-bond donors (Lipinski definition) is 0. The zero-order chi connectivity index (χ0) is 22.0. The molecule has 1 unspecified atom stereocenters. The van der Waals surface area contributed by atoms with Crippen LogP contribution in [0, 0.1) is 5.92 Å². The molecule has 6 nitrogen and oxygen atoms in total. The summed E-state index contributed by atoms with van der Waals surface area (Å²) in [6.07, 6.45) is 10.4. The van der Waals surface area contributed by atoms with Crippen molar-refractivity contribution in [3.05, 3.63) is 52.2 Å². The van der Waals surface area contributed by atoms with Gasteiger partial charge in [-0.2, -0.15) is 0 Å². The third-order valence-corrected chi connectivity index (χ3v) is 7.28. The van der Waals surface area contributed by atoms with Gasteiger partial charge in [0, 0.05) is 37.9 Å². The fourth-order valence-electron chi connectivity index (χ4n) is 5.39. The van der Waals surface area contributed by atoms with Crippen LogP contribution in [0.25, 0.3) is 5.69 Å². The molecule has 31 heavy (non-hydrogen) atoms. The van der Waals surface area contributed by atoms with E-state index in [-0.39, 0.29) is 17.7 Å². The predicted octanol–water partition coefficient (Wildman–Crippen LogP) is 3.91. The van der Waals surface area contributed by atoms with Crippen molar-refractivity contribution >= 4 is 5.97 Å². The molecule has 1 aromatic heterocycles. The molecule has 0 amide bonds. The van der Waals surface area contributed by atoms with E-state index in [0.29, 0.717) is 18.3 Å². The lowest BCUT2D eigenvalue weighted by atomic mass is 9.83. The molecular formula is C25H35N3O3. The van der Waals surface area contributed by atoms with Crippen LogP contribution in [-0.2, 0) is 16.0 Å². The van der Waals surface area contributed by atoms with Gasteiger partial charge >= 0.3 is 11.7 Å². The maximum absolute atomic E-state index is 13.2. The van der Waals surface area contributed by atoms with Crippen molar-refractivity contribution in [2.75, 3.05) is 27.2 Å². The average molecular weight is 426 g/mol. The monoisotopic (exact) mass is 425 g/mol. The Bertz CT molecular complexity index is 969. The van der Waals surface area contributed by atoms with Crippen LogP contribution in [0.3, 0.4) is 0 Å². The van der Waals surface area contributed by atoms with Crippen LogP contribution in [0.5, 0.6) is 0 Å². The molecule has 2 aliphatic rings. The molecule has 168 valence electrons. The number of esters is 1. The van der Waals surface area contributed by atoms with Gasteiger partial charge in [0.1, 0.15) is 0 Å². The lowest BCUT2D eigenvalue weighted by molar-refractivity contribution is -0.141. The van der Waals surface area contributed by atoms with Gasteiger partial charge in [0.25, 0.3) is 0 Å². The SMILES string of the molecule is COC(=O)CCC1CCC(n2ccn(-c3ccc4c(c3)C(C)CN(C)CC4)c2=O)CC1. The van der Waals surface area contributed by atoms with E-state index >= 15 is 0 Å². The first-order chi connectivity index (χ1) is 15.0. The van der Waals surface area contributed by atoms with Gasteiger partial charge in [-0.1, -0.05) is 13.0 Å². The Morgan fingerprint density at radius 2 is 1.94 bits per heavy atom. The Morgan fingerprint density at radius 3 is 2.68 bits per heavy atom. The molecule has 1 aliphatic heterocycles. The van der Waals surface area contributed by atoms with Crippen molar-refractivity contribution < 1.29 is 9.53 Å². The van der Waals surface area contributed by atoms with Gasteiger partial charge in [-0.05, 0) is 80.7 Å². The van der Waals surface area contributed by atoms with E-state index in [0.717, 1.165) is 57.3 Å². The third-order valence-electron chi connectivity index (χ3n) is 7.28. The molecule has 0 saturated heterocycles. The topological polar surface area (TPSA) is 56.5 Å². The van der Waals surface area contributed by atoms with E-state index in [1.165, 1.54) is 18.2 Å². The molecular weight excluding hydrogens is 390 g/mol. The summed E-state index contributed by atoms with van der Waals surface area (Å²) in [6, 6.07) is 6.76. The van der Waals surface area contributed by atoms with Gasteiger partial charge in [-0.25, -0.2) is 4.79 Å². The summed E-state index contributed by atoms with van der Waals surface area (Å²) in [5.74, 6) is 0.884. The zero-order valence-electron chi connectivity index (χ0n) is 19.0. The second-order valence-electron chi connectivity index (χ2n) is 9.44. The number of hydrogen-bond acceptors (Lipinski definition) is 4. The van der Waals surface area contributed by atoms with Gasteiger partial charge in [0.05, 0.1) is 12.8 Å². The number of rotatable bonds is 5. The Balaban J connectivity index is 1.47. The lowest BCUT2D eigenvalue weighted by Crippen LogP contribution is -2.29. The molecule has 4 rings (SSSR count). The van der Waals surface area contributed by atoms with Crippen LogP contribution in [0.15, 0.2) is 35.4 Å². The Kier molecular flexibility index (Phi) is 6.65. The Morgan fingerprint density at radius 1 is 1.16 bits per heavy atom. The van der Waals surface area contributed by atoms with Gasteiger partial charge in [-0.3, -0.25) is 13.9 Å². The van der Waals surface area contributed by atoms with Gasteiger partial charge in [0.2, 0.25) is 0 Å². The summed E-state index contributed by atoms with van der Waals surface area (Å²) < 4.78 is 8.47. The highest BCUT2D eigenvalue weighted by Crippen LogP contribution is 2.34. The average Bonchev–Trinajstić information content (AvgIpc) is 3.10. The van der Waals surface area contributed by atoms with Crippen molar-refractivity contribution in [3.63, 3.8) is 0 Å². The molecule has 1 fully saturated rings. The number of imidazole rings is 1. The zero-order valence-corrected chi connectivity index (χ0v) is 19.0. The first-order valence-electron chi connectivity index (χ1n) is 11.6. The minimum Gasteiger partial charge on any atom is -0.469 e. The van der Waals surface area contributed by atoms with Gasteiger partial charge in [-0.15, -0.1) is 0 Å². The van der Waals surface area contributed by atoms with Crippen LogP contribution in [0.2, 0.25) is 0 Å². The Hall–Kier alpha value is -2.34. The maximum Gasteiger partial charge on any atom is 0.332 e. The van der Waals surface area contributed by atoms with Crippen LogP contribution >= 0.6 is 0 Å². The van der Waals surface area contributed by atoms with Crippen molar-refractivity contribution in [2.45, 2.75) is 63.8 Å². The fraction of sp³-hybridized carbons (Fsp3) is 0.600. The number of benzene rings is 1. The van der Waals surface area contributed by atoms with Crippen LogP contribution in [0.4, 0.5) is 0 Å². The highest BCUT2D eigenvalue weighted by atomic mass is 16.5. The fourth-order valence-corrected chi connectivity index (χ4v) is 5.39. The summed E-state index contributed by atoms with van der Waals surface area (Å²) >= 11 is 0. The highest BCUT2D eigenvalue weighted by molar-refractivity contribution is 5.69. The Labute approximate surface area is 184 Å². The number of likely N-dealkylation sites (N-methyl/N-ethyl adjacent to an activating group) is 1. The van der Waals surface area contributed by atoms with Crippen molar-refractivity contribution in [2.24, 2.45) is 5.92 Å². The molecule has 0 spiro atoms. The summed E-state index contributed by atoms with van der Waals surface area (Å²) in [7, 11) is 3.62. The van der Waals surface area contributed by atoms with E-state index in [4.69, 9.17) is 4.74 Å². The lowest BCUT2D eigenvalue weighted by Gasteiger charge is -2.28. The van der Waals surface area contributed by atoms with E-state index in [1.807, 2.05) is 17.0 Å². The molecule has 1 aliphatic carbocycles. The number of methoxy groups -OCH3 is 1. The number of fused-ring (bicyclic) bond motifs is 1. The molecule has 0 N–H and O–H groups in total. The van der Waals surface area contributed by atoms with E-state index in [2.05, 4.69) is 37.1 Å². The molecule has 1 atom stereocenters. The molecule has 2 aromatic rings. The van der Waals surface area contributed by atoms with Crippen molar-refractivity contribution in [1.29, 1.82) is 0 Å². The van der Waals surface area contributed by atoms with Crippen LogP contribution in [0.1, 0.15) is 68.5 Å². The van der Waals surface area contributed by atoms with E-state index < -0.39 is 0 Å². The molecule has 1 saturated carbocycles. The summed E-state index contributed by atoms with van der Waals surface area (Å²) in [5.41, 5.74) is 3.79. The second kappa shape index (κ2) is 9.43. The molecule has 2 heterocycles. The first kappa shape index (κ1) is 21.9. The molecule has 0 bridgehead atoms. The van der Waals surface area contributed by atoms with E-state index in [1.54, 1.807) is 4.57 Å². The summed E-state index contributed by atoms with van der Waals surface area (Å²) in [4.78, 5) is 27.0. The second-order valence-corrected chi connectivity index (χ2v) is 9.44. The summed E-state index contributed by atoms with van der Waals surface area (Å²) in [6.45, 7) is 4.40. The molecule has 6 heteroatoms. The number of ether oxygens (including phenoxy) is 1. The van der Waals surface area contributed by atoms with Crippen LogP contribution < -0.4 is 5.69 Å².